The van der Waals surface area contributed by atoms with E-state index >= 15 is 0 Å². The average Bonchev–Trinajstić information content (AvgIpc) is 3.51. The van der Waals surface area contributed by atoms with Crippen molar-refractivity contribution in [3.63, 3.8) is 0 Å². The van der Waals surface area contributed by atoms with Crippen molar-refractivity contribution < 1.29 is 9.59 Å². The van der Waals surface area contributed by atoms with Crippen LogP contribution in [0.5, 0.6) is 0 Å². The summed E-state index contributed by atoms with van der Waals surface area (Å²) in [4.78, 5) is 28.7. The molecule has 0 unspecified atom stereocenters. The number of Topliss-reactive ketones (excluding diaryl/α,β-unsaturated/α-hetero) is 1. The first-order chi connectivity index (χ1) is 18.4. The molecule has 7 nitrogen and oxygen atoms in total. The van der Waals surface area contributed by atoms with Crippen LogP contribution in [0.15, 0.2) is 47.8 Å². The lowest BCUT2D eigenvalue weighted by atomic mass is 9.95. The zero-order chi connectivity index (χ0) is 26.6. The summed E-state index contributed by atoms with van der Waals surface area (Å²) in [7, 11) is 0. The molecule has 3 N–H and O–H groups in total. The summed E-state index contributed by atoms with van der Waals surface area (Å²) in [5, 5.41) is 10.7. The summed E-state index contributed by atoms with van der Waals surface area (Å²) in [5.41, 5.74) is 12.9. The first-order valence-electron chi connectivity index (χ1n) is 13.0. The van der Waals surface area contributed by atoms with Gasteiger partial charge in [0.25, 0.3) is 5.91 Å². The molecule has 0 spiro atoms. The number of nitrogens with one attached hydrogen (secondary N) is 1. The molecule has 1 aliphatic rings. The van der Waals surface area contributed by atoms with Crippen LogP contribution in [0.3, 0.4) is 0 Å². The molecule has 4 aromatic rings. The van der Waals surface area contributed by atoms with Crippen LogP contribution in [-0.4, -0.2) is 64.4 Å². The third-order valence-electron chi connectivity index (χ3n) is 7.24. The van der Waals surface area contributed by atoms with Gasteiger partial charge in [-0.1, -0.05) is 36.4 Å². The summed E-state index contributed by atoms with van der Waals surface area (Å²) in [6.45, 7) is 9.23. The molecule has 8 heteroatoms. The van der Waals surface area contributed by atoms with Crippen molar-refractivity contribution in [3.8, 4) is 11.1 Å². The molecule has 2 aromatic heterocycles. The Morgan fingerprint density at radius 3 is 2.55 bits per heavy atom. The number of thiophene rings is 1. The van der Waals surface area contributed by atoms with E-state index in [1.807, 2.05) is 36.6 Å². The molecule has 0 radical (unpaired) electrons. The molecule has 1 amide bonds. The molecular formula is C30H33N5O2S. The van der Waals surface area contributed by atoms with Gasteiger partial charge in [-0.2, -0.15) is 5.10 Å². The lowest BCUT2D eigenvalue weighted by Crippen LogP contribution is -2.46. The predicted molar refractivity (Wildman–Crippen MR) is 155 cm³/mol. The van der Waals surface area contributed by atoms with Gasteiger partial charge >= 0.3 is 0 Å². The topological polar surface area (TPSA) is 95.3 Å². The van der Waals surface area contributed by atoms with Crippen molar-refractivity contribution in [2.24, 2.45) is 5.73 Å². The van der Waals surface area contributed by atoms with Crippen LogP contribution in [0.2, 0.25) is 0 Å². The summed E-state index contributed by atoms with van der Waals surface area (Å²) in [5.74, 6) is -0.143. The highest BCUT2D eigenvalue weighted by Gasteiger charge is 2.19. The molecule has 0 atom stereocenters. The van der Waals surface area contributed by atoms with Gasteiger partial charge in [-0.25, -0.2) is 0 Å². The van der Waals surface area contributed by atoms with E-state index in [1.165, 1.54) is 16.9 Å². The Bertz CT molecular complexity index is 1490. The van der Waals surface area contributed by atoms with Crippen molar-refractivity contribution in [2.45, 2.75) is 26.8 Å². The Kier molecular flexibility index (Phi) is 7.83. The van der Waals surface area contributed by atoms with Gasteiger partial charge in [0.05, 0.1) is 16.1 Å². The van der Waals surface area contributed by atoms with E-state index in [4.69, 9.17) is 5.73 Å². The fourth-order valence-corrected chi connectivity index (χ4v) is 5.97. The number of aromatic amines is 1. The van der Waals surface area contributed by atoms with Crippen molar-refractivity contribution in [1.29, 1.82) is 0 Å². The second kappa shape index (κ2) is 11.4. The van der Waals surface area contributed by atoms with Gasteiger partial charge < -0.3 is 10.6 Å². The molecule has 1 aliphatic heterocycles. The third kappa shape index (κ3) is 5.78. The van der Waals surface area contributed by atoms with E-state index in [0.29, 0.717) is 11.3 Å². The van der Waals surface area contributed by atoms with E-state index in [2.05, 4.69) is 50.3 Å². The molecule has 5 rings (SSSR count). The van der Waals surface area contributed by atoms with E-state index in [1.54, 1.807) is 6.92 Å². The van der Waals surface area contributed by atoms with Crippen LogP contribution in [0.25, 0.3) is 34.2 Å². The number of carbonyl (C=O) groups excluding carboxylic acids is 2. The molecule has 38 heavy (non-hydrogen) atoms. The highest BCUT2D eigenvalue weighted by molar-refractivity contribution is 7.12. The number of carbonyl (C=O) groups is 2. The van der Waals surface area contributed by atoms with Crippen molar-refractivity contribution in [2.75, 3.05) is 32.7 Å². The minimum Gasteiger partial charge on any atom is -0.365 e. The number of amides is 1. The normalized spacial score (nSPS) is 15.0. The van der Waals surface area contributed by atoms with Gasteiger partial charge in [0, 0.05) is 51.1 Å². The number of nitrogens with zero attached hydrogens (tertiary/aromatic N) is 3. The van der Waals surface area contributed by atoms with E-state index in [9.17, 15) is 9.59 Å². The maximum Gasteiger partial charge on any atom is 0.259 e. The number of hydrogen-bond acceptors (Lipinski definition) is 6. The number of hydrogen-bond donors (Lipinski definition) is 2. The van der Waals surface area contributed by atoms with E-state index in [0.717, 1.165) is 78.1 Å². The van der Waals surface area contributed by atoms with Gasteiger partial charge in [-0.3, -0.25) is 19.6 Å². The van der Waals surface area contributed by atoms with Crippen molar-refractivity contribution in [1.82, 2.24) is 20.0 Å². The molecule has 0 aliphatic carbocycles. The average molecular weight is 528 g/mol. The number of ketones is 1. The van der Waals surface area contributed by atoms with Crippen LogP contribution in [0, 0.1) is 6.92 Å². The largest absolute Gasteiger partial charge is 0.365 e. The Balaban J connectivity index is 1.41. The second-order valence-corrected chi connectivity index (χ2v) is 10.8. The van der Waals surface area contributed by atoms with E-state index < -0.39 is 5.91 Å². The maximum atomic E-state index is 12.0. The number of H-pyrrole nitrogens is 1. The highest BCUT2D eigenvalue weighted by atomic mass is 32.1. The highest BCUT2D eigenvalue weighted by Crippen LogP contribution is 2.35. The summed E-state index contributed by atoms with van der Waals surface area (Å²) in [6.07, 6.45) is 4.75. The lowest BCUT2D eigenvalue weighted by molar-refractivity contribution is -0.117. The molecular weight excluding hydrogens is 494 g/mol. The zero-order valence-corrected chi connectivity index (χ0v) is 22.7. The van der Waals surface area contributed by atoms with E-state index in [-0.39, 0.29) is 5.78 Å². The Morgan fingerprint density at radius 2 is 1.82 bits per heavy atom. The van der Waals surface area contributed by atoms with Gasteiger partial charge in [0.1, 0.15) is 5.78 Å². The maximum absolute atomic E-state index is 12.0. The minimum absolute atomic E-state index is 0.248. The molecule has 1 saturated heterocycles. The first-order valence-corrected chi connectivity index (χ1v) is 13.8. The quantitative estimate of drug-likeness (QED) is 0.321. The van der Waals surface area contributed by atoms with Crippen molar-refractivity contribution >= 4 is 46.1 Å². The fourth-order valence-electron chi connectivity index (χ4n) is 5.03. The Labute approximate surface area is 226 Å². The summed E-state index contributed by atoms with van der Waals surface area (Å²) in [6, 6.07) is 14.7. The number of para-hydroxylation sites is 1. The minimum atomic E-state index is -0.391. The van der Waals surface area contributed by atoms with Crippen molar-refractivity contribution in [3.05, 3.63) is 75.1 Å². The van der Waals surface area contributed by atoms with Crippen LogP contribution < -0.4 is 5.73 Å². The second-order valence-electron chi connectivity index (χ2n) is 9.95. The fraction of sp³-hybridized carbons (Fsp3) is 0.300. The molecule has 0 bridgehead atoms. The number of benzene rings is 2. The number of aromatic nitrogens is 2. The molecule has 0 saturated carbocycles. The van der Waals surface area contributed by atoms with Gasteiger partial charge in [0.15, 0.2) is 0 Å². The van der Waals surface area contributed by atoms with Gasteiger partial charge in [-0.05, 0) is 65.3 Å². The van der Waals surface area contributed by atoms with Crippen LogP contribution in [0.4, 0.5) is 0 Å². The number of fused-ring (bicyclic) bond motifs is 1. The monoisotopic (exact) mass is 527 g/mol. The van der Waals surface area contributed by atoms with Gasteiger partial charge in [0.2, 0.25) is 0 Å². The number of piperazine rings is 1. The van der Waals surface area contributed by atoms with Crippen LogP contribution in [0.1, 0.15) is 45.4 Å². The summed E-state index contributed by atoms with van der Waals surface area (Å²) >= 11 is 1.40. The molecule has 1 fully saturated rings. The third-order valence-corrected chi connectivity index (χ3v) is 8.34. The van der Waals surface area contributed by atoms with Crippen LogP contribution in [-0.2, 0) is 11.3 Å². The lowest BCUT2D eigenvalue weighted by Gasteiger charge is -2.34. The first kappa shape index (κ1) is 26.0. The molecule has 196 valence electrons. The predicted octanol–water partition coefficient (Wildman–Crippen LogP) is 4.97. The Morgan fingerprint density at radius 1 is 1.05 bits per heavy atom. The smallest absolute Gasteiger partial charge is 0.259 e. The van der Waals surface area contributed by atoms with Crippen LogP contribution >= 0.6 is 11.3 Å². The summed E-state index contributed by atoms with van der Waals surface area (Å²) < 4.78 is 0. The SMILES string of the molecule is CC(=O)CCN1CCN(Cc2ccc(/C=C/c3n[nH]c4ccccc34)c(-c3csc(C(N)=O)c3C)c2)CC1. The number of primary amides is 1. The zero-order valence-electron chi connectivity index (χ0n) is 21.9. The molecule has 2 aromatic carbocycles. The number of rotatable bonds is 9. The van der Waals surface area contributed by atoms with Gasteiger partial charge in [-0.15, -0.1) is 11.3 Å². The Hall–Kier alpha value is -3.59. The molecule has 3 heterocycles. The standard InChI is InChI=1S/C30H33N5O2S/c1-20(36)11-12-34-13-15-35(16-14-34)18-22-7-8-23(9-10-28-24-5-3-4-6-27(24)32-33-28)25(17-22)26-19-38-29(21(26)2)30(31)37/h3-10,17,19H,11-16,18H2,1-2H3,(H2,31,37)(H,32,33)/b10-9+. The number of nitrogens with two attached hydrogens (primary N) is 1.